The number of benzene rings is 1. The zero-order chi connectivity index (χ0) is 23.5. The first kappa shape index (κ1) is 23.1. The van der Waals surface area contributed by atoms with Crippen molar-refractivity contribution in [3.63, 3.8) is 0 Å². The minimum absolute atomic E-state index is 0.242. The molecule has 0 spiro atoms. The van der Waals surface area contributed by atoms with Gasteiger partial charge >= 0.3 is 0 Å². The largest absolute Gasteiger partial charge is 0.493 e. The lowest BCUT2D eigenvalue weighted by Crippen LogP contribution is -2.26. The maximum Gasteiger partial charge on any atom is 0.249 e. The van der Waals surface area contributed by atoms with E-state index >= 15 is 0 Å². The number of carbonyl (C=O) groups excluding carboxylic acids is 1. The highest BCUT2D eigenvalue weighted by Crippen LogP contribution is 2.30. The Morgan fingerprint density at radius 3 is 2.56 bits per heavy atom. The number of methoxy groups -OCH3 is 1. The van der Waals surface area contributed by atoms with Crippen LogP contribution in [0.3, 0.4) is 0 Å². The first-order valence-electron chi connectivity index (χ1n) is 10.4. The van der Waals surface area contributed by atoms with E-state index in [1.807, 2.05) is 70.5 Å². The van der Waals surface area contributed by atoms with Crippen molar-refractivity contribution in [2.75, 3.05) is 12.4 Å². The standard InChI is InChI=1S/C24H30N4O4/c1-15-12-22(28(26-15)24(4,5)6)25-23(29)11-9-18-8-10-20(21(13-18)30-7)31-14-19-16(2)27-32-17(19)3/h8-13H,14H2,1-7H3,(H,25,29)/b11-9+. The quantitative estimate of drug-likeness (QED) is 0.533. The second-order valence-electron chi connectivity index (χ2n) is 8.58. The number of hydrogen-bond donors (Lipinski definition) is 1. The van der Waals surface area contributed by atoms with E-state index in [1.54, 1.807) is 13.2 Å². The summed E-state index contributed by atoms with van der Waals surface area (Å²) in [4.78, 5) is 12.5. The monoisotopic (exact) mass is 438 g/mol. The number of aryl methyl sites for hydroxylation is 3. The lowest BCUT2D eigenvalue weighted by atomic mass is 10.1. The third-order valence-corrected chi connectivity index (χ3v) is 4.89. The van der Waals surface area contributed by atoms with Gasteiger partial charge in [0.1, 0.15) is 18.2 Å². The lowest BCUT2D eigenvalue weighted by molar-refractivity contribution is -0.111. The van der Waals surface area contributed by atoms with Crippen molar-refractivity contribution in [2.45, 2.75) is 53.7 Å². The zero-order valence-electron chi connectivity index (χ0n) is 19.6. The predicted octanol–water partition coefficient (Wildman–Crippen LogP) is 4.79. The van der Waals surface area contributed by atoms with Gasteiger partial charge in [0.2, 0.25) is 5.91 Å². The third kappa shape index (κ3) is 5.38. The Hall–Kier alpha value is -3.55. The van der Waals surface area contributed by atoms with Gasteiger partial charge < -0.3 is 19.3 Å². The van der Waals surface area contributed by atoms with Gasteiger partial charge in [-0.1, -0.05) is 11.2 Å². The number of nitrogens with zero attached hydrogens (tertiary/aromatic N) is 3. The first-order valence-corrected chi connectivity index (χ1v) is 10.4. The summed E-state index contributed by atoms with van der Waals surface area (Å²) in [6.07, 6.45) is 3.20. The number of aromatic nitrogens is 3. The van der Waals surface area contributed by atoms with Crippen molar-refractivity contribution in [1.82, 2.24) is 14.9 Å². The summed E-state index contributed by atoms with van der Waals surface area (Å²) in [6.45, 7) is 12.1. The molecule has 0 radical (unpaired) electrons. The molecule has 0 aliphatic carbocycles. The molecular weight excluding hydrogens is 408 g/mol. The molecule has 8 heteroatoms. The molecule has 0 aliphatic heterocycles. The van der Waals surface area contributed by atoms with Crippen molar-refractivity contribution >= 4 is 17.8 Å². The maximum absolute atomic E-state index is 12.5. The van der Waals surface area contributed by atoms with Crippen LogP contribution in [0.1, 0.15) is 49.0 Å². The Labute approximate surface area is 188 Å². The Kier molecular flexibility index (Phi) is 6.72. The Morgan fingerprint density at radius 2 is 1.94 bits per heavy atom. The Morgan fingerprint density at radius 1 is 1.19 bits per heavy atom. The molecular formula is C24H30N4O4. The maximum atomic E-state index is 12.5. The number of anilines is 1. The van der Waals surface area contributed by atoms with Crippen LogP contribution < -0.4 is 14.8 Å². The molecule has 170 valence electrons. The number of hydrogen-bond acceptors (Lipinski definition) is 6. The molecule has 0 aliphatic rings. The van der Waals surface area contributed by atoms with Crippen LogP contribution in [0.2, 0.25) is 0 Å². The first-order chi connectivity index (χ1) is 15.1. The van der Waals surface area contributed by atoms with Gasteiger partial charge in [-0.3, -0.25) is 4.79 Å². The average Bonchev–Trinajstić information content (AvgIpc) is 3.26. The Balaban J connectivity index is 1.69. The third-order valence-electron chi connectivity index (χ3n) is 4.89. The smallest absolute Gasteiger partial charge is 0.249 e. The van der Waals surface area contributed by atoms with E-state index in [4.69, 9.17) is 14.0 Å². The fourth-order valence-corrected chi connectivity index (χ4v) is 3.20. The highest BCUT2D eigenvalue weighted by atomic mass is 16.5. The van der Waals surface area contributed by atoms with Crippen LogP contribution in [0, 0.1) is 20.8 Å². The molecule has 0 unspecified atom stereocenters. The molecule has 1 N–H and O–H groups in total. The SMILES string of the molecule is COc1cc(/C=C/C(=O)Nc2cc(C)nn2C(C)(C)C)ccc1OCc1c(C)noc1C. The summed E-state index contributed by atoms with van der Waals surface area (Å²) in [5, 5.41) is 11.3. The molecule has 1 aromatic carbocycles. The number of rotatable bonds is 7. The molecule has 0 atom stereocenters. The van der Waals surface area contributed by atoms with Crippen LogP contribution in [-0.4, -0.2) is 28.0 Å². The van der Waals surface area contributed by atoms with E-state index in [2.05, 4.69) is 15.6 Å². The molecule has 0 saturated heterocycles. The van der Waals surface area contributed by atoms with Crippen molar-refractivity contribution in [1.29, 1.82) is 0 Å². The molecule has 3 rings (SSSR count). The molecule has 1 amide bonds. The molecule has 0 saturated carbocycles. The van der Waals surface area contributed by atoms with E-state index in [-0.39, 0.29) is 11.4 Å². The van der Waals surface area contributed by atoms with E-state index in [0.29, 0.717) is 23.9 Å². The molecule has 2 aromatic heterocycles. The summed E-state index contributed by atoms with van der Waals surface area (Å²) in [5.74, 6) is 2.31. The topological polar surface area (TPSA) is 91.4 Å². The molecule has 2 heterocycles. The minimum atomic E-state index is -0.243. The van der Waals surface area contributed by atoms with E-state index in [0.717, 1.165) is 28.3 Å². The van der Waals surface area contributed by atoms with Crippen molar-refractivity contribution < 1.29 is 18.8 Å². The Bertz CT molecular complexity index is 1120. The summed E-state index contributed by atoms with van der Waals surface area (Å²) < 4.78 is 18.3. The lowest BCUT2D eigenvalue weighted by Gasteiger charge is -2.22. The zero-order valence-corrected chi connectivity index (χ0v) is 19.6. The van der Waals surface area contributed by atoms with Crippen molar-refractivity contribution in [3.8, 4) is 11.5 Å². The van der Waals surface area contributed by atoms with Crippen LogP contribution in [0.25, 0.3) is 6.08 Å². The number of nitrogens with one attached hydrogen (secondary N) is 1. The summed E-state index contributed by atoms with van der Waals surface area (Å²) in [5.41, 5.74) is 3.12. The van der Waals surface area contributed by atoms with E-state index < -0.39 is 0 Å². The van der Waals surface area contributed by atoms with Gasteiger partial charge in [-0.05, 0) is 65.3 Å². The summed E-state index contributed by atoms with van der Waals surface area (Å²) in [6, 6.07) is 7.34. The highest BCUT2D eigenvalue weighted by Gasteiger charge is 2.19. The van der Waals surface area contributed by atoms with Crippen LogP contribution in [0.5, 0.6) is 11.5 Å². The van der Waals surface area contributed by atoms with Gasteiger partial charge in [0.05, 0.1) is 29.6 Å². The second-order valence-corrected chi connectivity index (χ2v) is 8.58. The minimum Gasteiger partial charge on any atom is -0.493 e. The van der Waals surface area contributed by atoms with E-state index in [1.165, 1.54) is 6.08 Å². The molecule has 32 heavy (non-hydrogen) atoms. The fourth-order valence-electron chi connectivity index (χ4n) is 3.20. The number of amides is 1. The fraction of sp³-hybridized carbons (Fsp3) is 0.375. The van der Waals surface area contributed by atoms with Gasteiger partial charge in [-0.25, -0.2) is 4.68 Å². The van der Waals surface area contributed by atoms with Crippen molar-refractivity contribution in [2.24, 2.45) is 0 Å². The molecule has 3 aromatic rings. The van der Waals surface area contributed by atoms with Gasteiger partial charge in [0, 0.05) is 12.1 Å². The summed E-state index contributed by atoms with van der Waals surface area (Å²) >= 11 is 0. The normalized spacial score (nSPS) is 11.7. The van der Waals surface area contributed by atoms with Gasteiger partial charge in [-0.2, -0.15) is 5.10 Å². The van der Waals surface area contributed by atoms with E-state index in [9.17, 15) is 4.79 Å². The summed E-state index contributed by atoms with van der Waals surface area (Å²) in [7, 11) is 1.58. The van der Waals surface area contributed by atoms with Crippen molar-refractivity contribution in [3.05, 3.63) is 58.6 Å². The average molecular weight is 439 g/mol. The van der Waals surface area contributed by atoms with Gasteiger partial charge in [-0.15, -0.1) is 0 Å². The van der Waals surface area contributed by atoms with Crippen LogP contribution >= 0.6 is 0 Å². The van der Waals surface area contributed by atoms with Crippen LogP contribution in [-0.2, 0) is 16.9 Å². The van der Waals surface area contributed by atoms with Crippen LogP contribution in [0.15, 0.2) is 34.9 Å². The second kappa shape index (κ2) is 9.30. The predicted molar refractivity (Wildman–Crippen MR) is 123 cm³/mol. The number of ether oxygens (including phenoxy) is 2. The molecule has 0 fully saturated rings. The molecule has 0 bridgehead atoms. The number of carbonyl (C=O) groups is 1. The van der Waals surface area contributed by atoms with Gasteiger partial charge in [0.15, 0.2) is 11.5 Å². The highest BCUT2D eigenvalue weighted by molar-refractivity contribution is 6.01. The molecule has 8 nitrogen and oxygen atoms in total. The van der Waals surface area contributed by atoms with Crippen LogP contribution in [0.4, 0.5) is 5.82 Å². The van der Waals surface area contributed by atoms with Gasteiger partial charge in [0.25, 0.3) is 0 Å².